The summed E-state index contributed by atoms with van der Waals surface area (Å²) in [6.45, 7) is 5.25. The number of ether oxygens (including phenoxy) is 1. The van der Waals surface area contributed by atoms with Crippen molar-refractivity contribution in [1.29, 1.82) is 0 Å². The SMILES string of the molecule is O=C(NCCN1CCCOCC1)c1ccccc1. The van der Waals surface area contributed by atoms with Crippen LogP contribution < -0.4 is 5.32 Å². The molecule has 1 aromatic rings. The average molecular weight is 248 g/mol. The van der Waals surface area contributed by atoms with Crippen molar-refractivity contribution in [2.24, 2.45) is 0 Å². The molecule has 1 aromatic carbocycles. The molecule has 0 saturated carbocycles. The lowest BCUT2D eigenvalue weighted by atomic mass is 10.2. The van der Waals surface area contributed by atoms with Crippen LogP contribution in [0.3, 0.4) is 0 Å². The van der Waals surface area contributed by atoms with Crippen molar-refractivity contribution >= 4 is 5.91 Å². The number of rotatable bonds is 4. The Kier molecular flexibility index (Phi) is 5.17. The summed E-state index contributed by atoms with van der Waals surface area (Å²) in [5.74, 6) is 0.00155. The zero-order chi connectivity index (χ0) is 12.6. The van der Waals surface area contributed by atoms with Gasteiger partial charge in [-0.15, -0.1) is 0 Å². The van der Waals surface area contributed by atoms with Crippen molar-refractivity contribution in [3.8, 4) is 0 Å². The number of hydrogen-bond donors (Lipinski definition) is 1. The van der Waals surface area contributed by atoms with Gasteiger partial charge in [-0.1, -0.05) is 18.2 Å². The normalized spacial score (nSPS) is 17.1. The van der Waals surface area contributed by atoms with E-state index >= 15 is 0 Å². The molecule has 1 heterocycles. The summed E-state index contributed by atoms with van der Waals surface area (Å²) in [7, 11) is 0. The number of carbonyl (C=O) groups is 1. The summed E-state index contributed by atoms with van der Waals surface area (Å²) >= 11 is 0. The summed E-state index contributed by atoms with van der Waals surface area (Å²) in [5.41, 5.74) is 0.719. The fourth-order valence-electron chi connectivity index (χ4n) is 2.04. The zero-order valence-corrected chi connectivity index (χ0v) is 10.6. The Labute approximate surface area is 108 Å². The summed E-state index contributed by atoms with van der Waals surface area (Å²) in [6, 6.07) is 9.32. The maximum Gasteiger partial charge on any atom is 0.251 e. The fraction of sp³-hybridized carbons (Fsp3) is 0.500. The molecule has 1 saturated heterocycles. The Morgan fingerprint density at radius 2 is 2.06 bits per heavy atom. The van der Waals surface area contributed by atoms with Gasteiger partial charge >= 0.3 is 0 Å². The Morgan fingerprint density at radius 3 is 2.89 bits per heavy atom. The number of benzene rings is 1. The topological polar surface area (TPSA) is 41.6 Å². The molecule has 18 heavy (non-hydrogen) atoms. The van der Waals surface area contributed by atoms with Crippen molar-refractivity contribution in [1.82, 2.24) is 10.2 Å². The van der Waals surface area contributed by atoms with Crippen LogP contribution in [0.4, 0.5) is 0 Å². The van der Waals surface area contributed by atoms with E-state index in [4.69, 9.17) is 4.74 Å². The standard InChI is InChI=1S/C14H20N2O2/c17-14(13-5-2-1-3-6-13)15-7-9-16-8-4-11-18-12-10-16/h1-3,5-6H,4,7-12H2,(H,15,17). The second-order valence-electron chi connectivity index (χ2n) is 4.43. The highest BCUT2D eigenvalue weighted by Gasteiger charge is 2.09. The van der Waals surface area contributed by atoms with Gasteiger partial charge < -0.3 is 10.1 Å². The van der Waals surface area contributed by atoms with Crippen molar-refractivity contribution in [3.63, 3.8) is 0 Å². The lowest BCUT2D eigenvalue weighted by Crippen LogP contribution is -2.36. The third-order valence-electron chi connectivity index (χ3n) is 3.06. The van der Waals surface area contributed by atoms with Gasteiger partial charge in [0.25, 0.3) is 5.91 Å². The van der Waals surface area contributed by atoms with Gasteiger partial charge in [0.05, 0.1) is 6.61 Å². The Hall–Kier alpha value is -1.39. The number of nitrogens with one attached hydrogen (secondary N) is 1. The van der Waals surface area contributed by atoms with Gasteiger partial charge in [-0.2, -0.15) is 0 Å². The Bertz CT molecular complexity index is 359. The van der Waals surface area contributed by atoms with E-state index in [1.165, 1.54) is 0 Å². The molecular weight excluding hydrogens is 228 g/mol. The smallest absolute Gasteiger partial charge is 0.251 e. The first-order valence-corrected chi connectivity index (χ1v) is 6.49. The van der Waals surface area contributed by atoms with Gasteiger partial charge in [0.2, 0.25) is 0 Å². The molecule has 1 N–H and O–H groups in total. The molecule has 0 unspecified atom stereocenters. The van der Waals surface area contributed by atoms with Crippen LogP contribution in [0.15, 0.2) is 30.3 Å². The third-order valence-corrected chi connectivity index (χ3v) is 3.06. The number of hydrogen-bond acceptors (Lipinski definition) is 3. The van der Waals surface area contributed by atoms with Crippen LogP contribution in [-0.2, 0) is 4.74 Å². The van der Waals surface area contributed by atoms with Crippen LogP contribution in [0.25, 0.3) is 0 Å². The average Bonchev–Trinajstić information content (AvgIpc) is 2.68. The van der Waals surface area contributed by atoms with Crippen LogP contribution in [0.5, 0.6) is 0 Å². The second-order valence-corrected chi connectivity index (χ2v) is 4.43. The molecule has 4 nitrogen and oxygen atoms in total. The third kappa shape index (κ3) is 4.13. The summed E-state index contributed by atoms with van der Waals surface area (Å²) < 4.78 is 5.39. The minimum atomic E-state index is 0.00155. The molecule has 1 aliphatic heterocycles. The van der Waals surface area contributed by atoms with E-state index in [9.17, 15) is 4.79 Å². The lowest BCUT2D eigenvalue weighted by Gasteiger charge is -2.18. The van der Waals surface area contributed by atoms with Crippen molar-refractivity contribution < 1.29 is 9.53 Å². The number of carbonyl (C=O) groups excluding carboxylic acids is 1. The van der Waals surface area contributed by atoms with E-state index in [0.717, 1.165) is 44.8 Å². The molecule has 4 heteroatoms. The van der Waals surface area contributed by atoms with Crippen LogP contribution in [-0.4, -0.2) is 50.2 Å². The summed E-state index contributed by atoms with van der Waals surface area (Å²) in [6.07, 6.45) is 1.08. The Morgan fingerprint density at radius 1 is 1.22 bits per heavy atom. The maximum atomic E-state index is 11.8. The summed E-state index contributed by atoms with van der Waals surface area (Å²) in [5, 5.41) is 2.95. The maximum absolute atomic E-state index is 11.8. The van der Waals surface area contributed by atoms with Gasteiger partial charge in [-0.3, -0.25) is 9.69 Å². The number of nitrogens with zero attached hydrogens (tertiary/aromatic N) is 1. The predicted molar refractivity (Wildman–Crippen MR) is 70.7 cm³/mol. The van der Waals surface area contributed by atoms with Gasteiger partial charge in [0, 0.05) is 38.3 Å². The van der Waals surface area contributed by atoms with E-state index in [1.807, 2.05) is 30.3 Å². The molecule has 0 spiro atoms. The molecule has 0 aliphatic carbocycles. The highest BCUT2D eigenvalue weighted by Crippen LogP contribution is 1.99. The molecule has 0 aromatic heterocycles. The molecular formula is C14H20N2O2. The van der Waals surface area contributed by atoms with Gasteiger partial charge in [0.1, 0.15) is 0 Å². The molecule has 2 rings (SSSR count). The summed E-state index contributed by atoms with van der Waals surface area (Å²) in [4.78, 5) is 14.1. The van der Waals surface area contributed by atoms with Crippen LogP contribution in [0.1, 0.15) is 16.8 Å². The molecule has 0 radical (unpaired) electrons. The quantitative estimate of drug-likeness (QED) is 0.868. The molecule has 0 bridgehead atoms. The van der Waals surface area contributed by atoms with Crippen molar-refractivity contribution in [3.05, 3.63) is 35.9 Å². The molecule has 0 atom stereocenters. The molecule has 1 amide bonds. The van der Waals surface area contributed by atoms with Crippen molar-refractivity contribution in [2.45, 2.75) is 6.42 Å². The molecule has 1 aliphatic rings. The minimum Gasteiger partial charge on any atom is -0.380 e. The van der Waals surface area contributed by atoms with Gasteiger partial charge in [-0.05, 0) is 18.6 Å². The highest BCUT2D eigenvalue weighted by atomic mass is 16.5. The van der Waals surface area contributed by atoms with Gasteiger partial charge in [0.15, 0.2) is 0 Å². The highest BCUT2D eigenvalue weighted by molar-refractivity contribution is 5.94. The Balaban J connectivity index is 1.70. The molecule has 1 fully saturated rings. The van der Waals surface area contributed by atoms with Gasteiger partial charge in [-0.25, -0.2) is 0 Å². The van der Waals surface area contributed by atoms with Crippen molar-refractivity contribution in [2.75, 3.05) is 39.4 Å². The van der Waals surface area contributed by atoms with E-state index < -0.39 is 0 Å². The minimum absolute atomic E-state index is 0.00155. The lowest BCUT2D eigenvalue weighted by molar-refractivity contribution is 0.0947. The van der Waals surface area contributed by atoms with E-state index in [0.29, 0.717) is 6.54 Å². The predicted octanol–water partition coefficient (Wildman–Crippen LogP) is 1.14. The van der Waals surface area contributed by atoms with E-state index in [1.54, 1.807) is 0 Å². The first-order chi connectivity index (χ1) is 8.86. The monoisotopic (exact) mass is 248 g/mol. The zero-order valence-electron chi connectivity index (χ0n) is 10.6. The first kappa shape index (κ1) is 13.1. The molecule has 98 valence electrons. The second kappa shape index (κ2) is 7.13. The van der Waals surface area contributed by atoms with Crippen LogP contribution >= 0.6 is 0 Å². The largest absolute Gasteiger partial charge is 0.380 e. The fourth-order valence-corrected chi connectivity index (χ4v) is 2.04. The van der Waals surface area contributed by atoms with Crippen LogP contribution in [0.2, 0.25) is 0 Å². The number of amides is 1. The van der Waals surface area contributed by atoms with E-state index in [2.05, 4.69) is 10.2 Å². The van der Waals surface area contributed by atoms with Crippen LogP contribution in [0, 0.1) is 0 Å². The first-order valence-electron chi connectivity index (χ1n) is 6.49. The van der Waals surface area contributed by atoms with E-state index in [-0.39, 0.29) is 5.91 Å².